The van der Waals surface area contributed by atoms with Gasteiger partial charge in [0.2, 0.25) is 0 Å². The highest BCUT2D eigenvalue weighted by Crippen LogP contribution is 2.23. The molecule has 0 bridgehead atoms. The normalized spacial score (nSPS) is 13.5. The summed E-state index contributed by atoms with van der Waals surface area (Å²) in [5, 5.41) is 17.9. The molecule has 1 rings (SSSR count). The van der Waals surface area contributed by atoms with Crippen LogP contribution in [0.3, 0.4) is 0 Å². The van der Waals surface area contributed by atoms with Gasteiger partial charge in [-0.2, -0.15) is 10.5 Å². The number of ketones is 1. The third-order valence-corrected chi connectivity index (χ3v) is 3.88. The van der Waals surface area contributed by atoms with Gasteiger partial charge in [-0.05, 0) is 44.8 Å². The molecule has 0 aromatic rings. The smallest absolute Gasteiger partial charge is 0.198 e. The molecule has 0 radical (unpaired) electrons. The van der Waals surface area contributed by atoms with E-state index in [2.05, 4.69) is 19.1 Å². The zero-order valence-corrected chi connectivity index (χ0v) is 15.2. The number of unbranched alkanes of at least 4 members (excludes halogenated alkanes) is 5. The second-order valence-electron chi connectivity index (χ2n) is 6.03. The van der Waals surface area contributed by atoms with Gasteiger partial charge in [0.15, 0.2) is 11.5 Å². The molecular formula is C21H26N2O2. The third-order valence-electron chi connectivity index (χ3n) is 3.88. The first kappa shape index (κ1) is 20.5. The highest BCUT2D eigenvalue weighted by atomic mass is 16.5. The van der Waals surface area contributed by atoms with Crippen LogP contribution in [0.5, 0.6) is 0 Å². The standard InChI is InChI=1S/C21H26N2O2/c1-3-4-5-6-7-8-9-10-11-12-20(24)21-14-18(13-17(2)25-21)19(15-22)16-23/h4-5,13-14H,3,6-12H2,1-2H3. The molecule has 1 aliphatic rings. The van der Waals surface area contributed by atoms with Crippen molar-refractivity contribution in [2.75, 3.05) is 0 Å². The molecule has 0 aliphatic carbocycles. The number of hydrogen-bond acceptors (Lipinski definition) is 4. The Balaban J connectivity index is 2.40. The predicted molar refractivity (Wildman–Crippen MR) is 97.9 cm³/mol. The average molecular weight is 338 g/mol. The maximum absolute atomic E-state index is 12.3. The van der Waals surface area contributed by atoms with Crippen LogP contribution in [0, 0.1) is 22.7 Å². The lowest BCUT2D eigenvalue weighted by Gasteiger charge is -2.15. The van der Waals surface area contributed by atoms with E-state index in [-0.39, 0.29) is 17.1 Å². The van der Waals surface area contributed by atoms with Crippen LogP contribution in [0.15, 0.2) is 47.0 Å². The average Bonchev–Trinajstić information content (AvgIpc) is 2.60. The molecule has 0 amide bonds. The van der Waals surface area contributed by atoms with Crippen molar-refractivity contribution in [1.29, 1.82) is 10.5 Å². The number of ether oxygens (including phenoxy) is 1. The summed E-state index contributed by atoms with van der Waals surface area (Å²) in [7, 11) is 0. The molecule has 0 saturated heterocycles. The fraction of sp³-hybridized carbons (Fsp3) is 0.476. The fourth-order valence-electron chi connectivity index (χ4n) is 2.56. The first-order chi connectivity index (χ1) is 12.1. The van der Waals surface area contributed by atoms with Gasteiger partial charge in [0.05, 0.1) is 0 Å². The highest BCUT2D eigenvalue weighted by molar-refractivity contribution is 5.94. The monoisotopic (exact) mass is 338 g/mol. The molecule has 1 aliphatic heterocycles. The van der Waals surface area contributed by atoms with Crippen LogP contribution in [0.25, 0.3) is 0 Å². The summed E-state index contributed by atoms with van der Waals surface area (Å²) in [5.74, 6) is 0.665. The Kier molecular flexibility index (Phi) is 9.71. The Morgan fingerprint density at radius 2 is 1.76 bits per heavy atom. The van der Waals surface area contributed by atoms with Gasteiger partial charge >= 0.3 is 0 Å². The Hall–Kier alpha value is -2.59. The molecule has 132 valence electrons. The Morgan fingerprint density at radius 3 is 2.44 bits per heavy atom. The molecule has 0 aromatic heterocycles. The number of carbonyl (C=O) groups excluding carboxylic acids is 1. The molecule has 0 fully saturated rings. The maximum Gasteiger partial charge on any atom is 0.198 e. The van der Waals surface area contributed by atoms with Crippen molar-refractivity contribution in [2.24, 2.45) is 0 Å². The minimum Gasteiger partial charge on any atom is -0.458 e. The third kappa shape index (κ3) is 7.68. The van der Waals surface area contributed by atoms with Crippen molar-refractivity contribution in [3.05, 3.63) is 47.0 Å². The van der Waals surface area contributed by atoms with Crippen LogP contribution in [-0.4, -0.2) is 5.78 Å². The fourth-order valence-corrected chi connectivity index (χ4v) is 2.56. The van der Waals surface area contributed by atoms with Gasteiger partial charge in [-0.25, -0.2) is 0 Å². The maximum atomic E-state index is 12.3. The SMILES string of the molecule is CCC=CCCCCCCCC(=O)C1=CC(=C(C#N)C#N)C=C(C)O1. The summed E-state index contributed by atoms with van der Waals surface area (Å²) in [6.07, 6.45) is 15.5. The molecule has 0 spiro atoms. The van der Waals surface area contributed by atoms with E-state index in [1.807, 2.05) is 12.1 Å². The van der Waals surface area contributed by atoms with Gasteiger partial charge < -0.3 is 4.74 Å². The summed E-state index contributed by atoms with van der Waals surface area (Å²) in [4.78, 5) is 12.3. The molecule has 25 heavy (non-hydrogen) atoms. The number of allylic oxidation sites excluding steroid dienone is 8. The number of rotatable bonds is 10. The molecule has 0 saturated carbocycles. The van der Waals surface area contributed by atoms with Crippen molar-refractivity contribution in [2.45, 2.75) is 65.2 Å². The van der Waals surface area contributed by atoms with Crippen molar-refractivity contribution in [3.8, 4) is 12.1 Å². The van der Waals surface area contributed by atoms with Crippen molar-refractivity contribution < 1.29 is 9.53 Å². The summed E-state index contributed by atoms with van der Waals surface area (Å²) >= 11 is 0. The van der Waals surface area contributed by atoms with Crippen LogP contribution in [0.2, 0.25) is 0 Å². The molecule has 0 unspecified atom stereocenters. The minimum absolute atomic E-state index is 0.00919. The van der Waals surface area contributed by atoms with Gasteiger partial charge in [0.25, 0.3) is 0 Å². The number of hydrogen-bond donors (Lipinski definition) is 0. The summed E-state index contributed by atoms with van der Waals surface area (Å²) in [6.45, 7) is 3.84. The first-order valence-corrected chi connectivity index (χ1v) is 8.92. The van der Waals surface area contributed by atoms with Gasteiger partial charge in [0, 0.05) is 12.0 Å². The number of carbonyl (C=O) groups is 1. The number of Topliss-reactive ketones (excluding diaryl/α,β-unsaturated/α-hetero) is 1. The lowest BCUT2D eigenvalue weighted by molar-refractivity contribution is -0.118. The van der Waals surface area contributed by atoms with E-state index in [4.69, 9.17) is 15.3 Å². The van der Waals surface area contributed by atoms with Crippen molar-refractivity contribution >= 4 is 5.78 Å². The number of nitrogens with zero attached hydrogens (tertiary/aromatic N) is 2. The molecule has 4 heteroatoms. The van der Waals surface area contributed by atoms with Gasteiger partial charge in [-0.3, -0.25) is 4.79 Å². The predicted octanol–water partition coefficient (Wildman–Crippen LogP) is 5.41. The van der Waals surface area contributed by atoms with E-state index in [1.165, 1.54) is 18.9 Å². The Morgan fingerprint density at radius 1 is 1.08 bits per heavy atom. The first-order valence-electron chi connectivity index (χ1n) is 8.92. The van der Waals surface area contributed by atoms with E-state index in [1.54, 1.807) is 13.0 Å². The molecule has 4 nitrogen and oxygen atoms in total. The largest absolute Gasteiger partial charge is 0.458 e. The zero-order chi connectivity index (χ0) is 18.5. The van der Waals surface area contributed by atoms with E-state index >= 15 is 0 Å². The van der Waals surface area contributed by atoms with Crippen LogP contribution < -0.4 is 0 Å². The van der Waals surface area contributed by atoms with E-state index in [0.717, 1.165) is 32.1 Å². The zero-order valence-electron chi connectivity index (χ0n) is 15.2. The highest BCUT2D eigenvalue weighted by Gasteiger charge is 2.17. The van der Waals surface area contributed by atoms with E-state index in [0.29, 0.717) is 17.8 Å². The number of nitriles is 2. The van der Waals surface area contributed by atoms with Crippen molar-refractivity contribution in [3.63, 3.8) is 0 Å². The van der Waals surface area contributed by atoms with Crippen LogP contribution in [0.1, 0.15) is 65.2 Å². The minimum atomic E-state index is -0.0777. The molecule has 0 atom stereocenters. The second kappa shape index (κ2) is 11.9. The Bertz CT molecular complexity index is 651. The molecule has 0 N–H and O–H groups in total. The lowest BCUT2D eigenvalue weighted by Crippen LogP contribution is -2.09. The Labute approximate surface area is 150 Å². The van der Waals surface area contributed by atoms with E-state index < -0.39 is 0 Å². The quantitative estimate of drug-likeness (QED) is 0.303. The molecule has 1 heterocycles. The van der Waals surface area contributed by atoms with Gasteiger partial charge in [-0.15, -0.1) is 0 Å². The summed E-state index contributed by atoms with van der Waals surface area (Å²) < 4.78 is 5.46. The van der Waals surface area contributed by atoms with Crippen LogP contribution >= 0.6 is 0 Å². The lowest BCUT2D eigenvalue weighted by atomic mass is 10.0. The topological polar surface area (TPSA) is 73.9 Å². The van der Waals surface area contributed by atoms with Crippen LogP contribution in [-0.2, 0) is 9.53 Å². The van der Waals surface area contributed by atoms with Crippen molar-refractivity contribution in [1.82, 2.24) is 0 Å². The summed E-state index contributed by atoms with van der Waals surface area (Å²) in [5.41, 5.74) is 0.433. The van der Waals surface area contributed by atoms with Crippen LogP contribution in [0.4, 0.5) is 0 Å². The molecule has 0 aromatic carbocycles. The van der Waals surface area contributed by atoms with E-state index in [9.17, 15) is 4.79 Å². The molecular weight excluding hydrogens is 312 g/mol. The van der Waals surface area contributed by atoms with Gasteiger partial charge in [0.1, 0.15) is 23.5 Å². The summed E-state index contributed by atoms with van der Waals surface area (Å²) in [6, 6.07) is 3.69. The van der Waals surface area contributed by atoms with Gasteiger partial charge in [-0.1, -0.05) is 38.3 Å². The second-order valence-corrected chi connectivity index (χ2v) is 6.03.